The van der Waals surface area contributed by atoms with Crippen LogP contribution in [0.25, 0.3) is 0 Å². The second-order valence-electron chi connectivity index (χ2n) is 7.11. The van der Waals surface area contributed by atoms with Crippen LogP contribution in [-0.2, 0) is 25.5 Å². The summed E-state index contributed by atoms with van der Waals surface area (Å²) in [6.45, 7) is 1.03. The number of unbranched alkanes of at least 4 members (excludes halogenated alkanes) is 1. The third kappa shape index (κ3) is 13.6. The fourth-order valence-corrected chi connectivity index (χ4v) is 2.84. The van der Waals surface area contributed by atoms with Gasteiger partial charge in [-0.25, -0.2) is 9.59 Å². The van der Waals surface area contributed by atoms with Gasteiger partial charge in [-0.3, -0.25) is 4.79 Å². The van der Waals surface area contributed by atoms with E-state index in [-0.39, 0.29) is 19.2 Å². The Morgan fingerprint density at radius 2 is 1.36 bits per heavy atom. The maximum absolute atomic E-state index is 10.5. The van der Waals surface area contributed by atoms with E-state index < -0.39 is 0 Å². The van der Waals surface area contributed by atoms with Crippen LogP contribution < -0.4 is 0 Å². The number of hydrogen-bond acceptors (Lipinski definition) is 8. The van der Waals surface area contributed by atoms with Crippen LogP contribution >= 0.6 is 0 Å². The molecule has 2 aromatic carbocycles. The number of cyclic esters (lactones) is 1. The lowest BCUT2D eigenvalue weighted by Crippen LogP contribution is -2.00. The van der Waals surface area contributed by atoms with Crippen molar-refractivity contribution in [2.75, 3.05) is 19.8 Å². The number of aliphatic imine (C=N–C) groups is 2. The maximum atomic E-state index is 10.5. The molecule has 0 atom stereocenters. The molecule has 176 valence electrons. The molecular formula is C25H30N2O6. The summed E-state index contributed by atoms with van der Waals surface area (Å²) < 4.78 is 4.76. The number of aliphatic hydroxyl groups excluding tert-OH is 2. The zero-order valence-corrected chi connectivity index (χ0v) is 18.6. The summed E-state index contributed by atoms with van der Waals surface area (Å²) >= 11 is 0. The van der Waals surface area contributed by atoms with Gasteiger partial charge < -0.3 is 14.9 Å². The van der Waals surface area contributed by atoms with E-state index in [2.05, 4.69) is 9.98 Å². The first-order chi connectivity index (χ1) is 16.1. The van der Waals surface area contributed by atoms with Crippen molar-refractivity contribution in [2.45, 2.75) is 44.9 Å². The van der Waals surface area contributed by atoms with Crippen LogP contribution in [0.3, 0.4) is 0 Å². The molecule has 0 aliphatic carbocycles. The van der Waals surface area contributed by atoms with E-state index in [9.17, 15) is 14.4 Å². The van der Waals surface area contributed by atoms with E-state index >= 15 is 0 Å². The molecule has 0 bridgehead atoms. The predicted molar refractivity (Wildman–Crippen MR) is 124 cm³/mol. The van der Waals surface area contributed by atoms with Crippen molar-refractivity contribution >= 4 is 29.5 Å². The van der Waals surface area contributed by atoms with E-state index in [0.717, 1.165) is 43.2 Å². The van der Waals surface area contributed by atoms with Crippen molar-refractivity contribution in [3.8, 4) is 0 Å². The lowest BCUT2D eigenvalue weighted by molar-refractivity contribution is -0.142. The molecule has 0 radical (unpaired) electrons. The summed E-state index contributed by atoms with van der Waals surface area (Å²) in [5.41, 5.74) is 3.19. The maximum Gasteiger partial charge on any atom is 0.305 e. The molecule has 0 unspecified atom stereocenters. The Labute approximate surface area is 193 Å². The van der Waals surface area contributed by atoms with Gasteiger partial charge in [0.05, 0.1) is 18.0 Å². The summed E-state index contributed by atoms with van der Waals surface area (Å²) in [6.07, 6.45) is 8.97. The van der Waals surface area contributed by atoms with E-state index in [1.807, 2.05) is 36.4 Å². The van der Waals surface area contributed by atoms with E-state index in [1.165, 1.54) is 12.2 Å². The zero-order chi connectivity index (χ0) is 24.2. The highest BCUT2D eigenvalue weighted by molar-refractivity contribution is 5.69. The number of carbonyl (C=O) groups excluding carboxylic acids is 3. The van der Waals surface area contributed by atoms with Crippen LogP contribution in [0.4, 0.5) is 11.4 Å². The van der Waals surface area contributed by atoms with Gasteiger partial charge in [-0.05, 0) is 73.9 Å². The van der Waals surface area contributed by atoms with E-state index in [1.54, 1.807) is 12.1 Å². The lowest BCUT2D eigenvalue weighted by Gasteiger charge is -2.03. The van der Waals surface area contributed by atoms with Crippen LogP contribution in [0.15, 0.2) is 58.5 Å². The molecule has 2 N–H and O–H groups in total. The number of ether oxygens (including phenoxy) is 1. The smallest absolute Gasteiger partial charge is 0.305 e. The zero-order valence-electron chi connectivity index (χ0n) is 18.6. The van der Waals surface area contributed by atoms with Crippen LogP contribution in [0, 0.1) is 0 Å². The average molecular weight is 455 g/mol. The van der Waals surface area contributed by atoms with Gasteiger partial charge in [0, 0.05) is 19.6 Å². The Kier molecular flexibility index (Phi) is 15.2. The molecule has 0 spiro atoms. The van der Waals surface area contributed by atoms with Crippen molar-refractivity contribution in [3.63, 3.8) is 0 Å². The molecule has 0 aromatic heterocycles. The highest BCUT2D eigenvalue weighted by atomic mass is 16.5. The van der Waals surface area contributed by atoms with Gasteiger partial charge in [0.2, 0.25) is 12.2 Å². The predicted octanol–water partition coefficient (Wildman–Crippen LogP) is 4.07. The minimum Gasteiger partial charge on any atom is -0.466 e. The van der Waals surface area contributed by atoms with Crippen molar-refractivity contribution < 1.29 is 29.3 Å². The van der Waals surface area contributed by atoms with Gasteiger partial charge in [0.25, 0.3) is 0 Å². The molecule has 3 rings (SSSR count). The molecule has 2 aromatic rings. The highest BCUT2D eigenvalue weighted by Crippen LogP contribution is 2.19. The van der Waals surface area contributed by atoms with Crippen molar-refractivity contribution in [3.05, 3.63) is 59.7 Å². The fourth-order valence-electron chi connectivity index (χ4n) is 2.84. The number of isocyanates is 2. The molecule has 0 saturated carbocycles. The normalized spacial score (nSPS) is 12.2. The second kappa shape index (κ2) is 18.2. The number of esters is 1. The Hall–Kier alpha value is -3.41. The van der Waals surface area contributed by atoms with Crippen LogP contribution in [0.5, 0.6) is 0 Å². The van der Waals surface area contributed by atoms with E-state index in [4.69, 9.17) is 14.9 Å². The summed E-state index contributed by atoms with van der Waals surface area (Å²) in [5.74, 6) is -0.0255. The van der Waals surface area contributed by atoms with Gasteiger partial charge in [-0.15, -0.1) is 0 Å². The second-order valence-corrected chi connectivity index (χ2v) is 7.11. The van der Waals surface area contributed by atoms with Gasteiger partial charge in [-0.1, -0.05) is 24.3 Å². The average Bonchev–Trinajstić information content (AvgIpc) is 3.07. The molecule has 1 aliphatic rings. The fraction of sp³-hybridized carbons (Fsp3) is 0.400. The first-order valence-electron chi connectivity index (χ1n) is 10.8. The SMILES string of the molecule is O=C1CCCCCO1.O=C=Nc1cccc(Cc2cccc(N=C=O)c2)c1.OCCCCO. The van der Waals surface area contributed by atoms with Gasteiger partial charge in [0.1, 0.15) is 0 Å². The van der Waals surface area contributed by atoms with Crippen molar-refractivity contribution in [1.29, 1.82) is 0 Å². The third-order valence-electron chi connectivity index (χ3n) is 4.43. The number of carbonyl (C=O) groups is 1. The standard InChI is InChI=1S/C15H10N2O2.C6H10O2.C4H10O2/c18-10-16-14-5-1-3-12(8-14)7-13-4-2-6-15(9-13)17-11-19;7-6-4-2-1-3-5-8-6;5-3-1-2-4-6/h1-6,8-9H,7H2;1-5H2;5-6H,1-4H2. The summed E-state index contributed by atoms with van der Waals surface area (Å²) in [4.78, 5) is 38.1. The quantitative estimate of drug-likeness (QED) is 0.281. The molecule has 8 nitrogen and oxygen atoms in total. The number of aliphatic hydroxyl groups is 2. The highest BCUT2D eigenvalue weighted by Gasteiger charge is 2.05. The Morgan fingerprint density at radius 1 is 0.818 bits per heavy atom. The summed E-state index contributed by atoms with van der Waals surface area (Å²) in [7, 11) is 0. The molecule has 1 heterocycles. The van der Waals surface area contributed by atoms with Crippen molar-refractivity contribution in [1.82, 2.24) is 0 Å². The van der Waals surface area contributed by atoms with Gasteiger partial charge >= 0.3 is 5.97 Å². The van der Waals surface area contributed by atoms with Gasteiger partial charge in [0.15, 0.2) is 0 Å². The molecule has 33 heavy (non-hydrogen) atoms. The molecule has 8 heteroatoms. The Balaban J connectivity index is 0.000000319. The van der Waals surface area contributed by atoms with Crippen molar-refractivity contribution in [2.24, 2.45) is 9.98 Å². The van der Waals surface area contributed by atoms with Crippen LogP contribution in [0.1, 0.15) is 49.7 Å². The number of nitrogens with zero attached hydrogens (tertiary/aromatic N) is 2. The summed E-state index contributed by atoms with van der Waals surface area (Å²) in [6, 6.07) is 14.7. The molecule has 1 saturated heterocycles. The minimum absolute atomic E-state index is 0.0255. The Bertz CT molecular complexity index is 860. The first-order valence-corrected chi connectivity index (χ1v) is 10.8. The molecule has 1 aliphatic heterocycles. The third-order valence-corrected chi connectivity index (χ3v) is 4.43. The van der Waals surface area contributed by atoms with Crippen LogP contribution in [-0.4, -0.2) is 48.2 Å². The van der Waals surface area contributed by atoms with E-state index in [0.29, 0.717) is 30.8 Å². The number of benzene rings is 2. The molecule has 1 fully saturated rings. The monoisotopic (exact) mass is 454 g/mol. The van der Waals surface area contributed by atoms with Gasteiger partial charge in [-0.2, -0.15) is 9.98 Å². The number of hydrogen-bond donors (Lipinski definition) is 2. The topological polar surface area (TPSA) is 126 Å². The summed E-state index contributed by atoms with van der Waals surface area (Å²) in [5, 5.41) is 16.2. The largest absolute Gasteiger partial charge is 0.466 e. The van der Waals surface area contributed by atoms with Crippen LogP contribution in [0.2, 0.25) is 0 Å². The molecule has 0 amide bonds. The minimum atomic E-state index is -0.0255. The molecular weight excluding hydrogens is 424 g/mol. The first kappa shape index (κ1) is 27.6. The number of rotatable bonds is 7. The Morgan fingerprint density at radius 3 is 1.85 bits per heavy atom. The lowest BCUT2D eigenvalue weighted by atomic mass is 10.0.